The highest BCUT2D eigenvalue weighted by Crippen LogP contribution is 2.27. The van der Waals surface area contributed by atoms with E-state index in [4.69, 9.17) is 0 Å². The Kier molecular flexibility index (Phi) is 2.04. The van der Waals surface area contributed by atoms with Crippen LogP contribution < -0.4 is 0 Å². The molecule has 0 aromatic heterocycles. The fourth-order valence-corrected chi connectivity index (χ4v) is 1.91. The molecule has 1 amide bonds. The van der Waals surface area contributed by atoms with Gasteiger partial charge >= 0.3 is 0 Å². The summed E-state index contributed by atoms with van der Waals surface area (Å²) in [5.41, 5.74) is 0. The van der Waals surface area contributed by atoms with Crippen molar-refractivity contribution in [1.82, 2.24) is 4.31 Å². The van der Waals surface area contributed by atoms with E-state index in [-0.39, 0.29) is 5.91 Å². The van der Waals surface area contributed by atoms with E-state index in [2.05, 4.69) is 0 Å². The average molecular weight is 179 g/mol. The Morgan fingerprint density at radius 2 is 2.00 bits per heavy atom. The van der Waals surface area contributed by atoms with E-state index in [1.807, 2.05) is 30.3 Å². The highest BCUT2D eigenvalue weighted by Gasteiger charge is 2.24. The van der Waals surface area contributed by atoms with Gasteiger partial charge in [0.05, 0.1) is 0 Å². The molecule has 0 spiro atoms. The Hall–Kier alpha value is -0.960. The van der Waals surface area contributed by atoms with Crippen LogP contribution in [-0.4, -0.2) is 16.8 Å². The molecule has 1 aliphatic heterocycles. The van der Waals surface area contributed by atoms with Crippen LogP contribution in [-0.2, 0) is 4.79 Å². The number of β-lactam (4-membered cyclic amide) rings is 1. The second-order valence-electron chi connectivity index (χ2n) is 2.65. The van der Waals surface area contributed by atoms with E-state index >= 15 is 0 Å². The first-order chi connectivity index (χ1) is 5.86. The predicted molar refractivity (Wildman–Crippen MR) is 48.6 cm³/mol. The van der Waals surface area contributed by atoms with Gasteiger partial charge < -0.3 is 0 Å². The van der Waals surface area contributed by atoms with Crippen LogP contribution in [0.2, 0.25) is 0 Å². The zero-order chi connectivity index (χ0) is 8.39. The summed E-state index contributed by atoms with van der Waals surface area (Å²) in [5, 5.41) is 0. The fourth-order valence-electron chi connectivity index (χ4n) is 1.000. The second kappa shape index (κ2) is 3.19. The van der Waals surface area contributed by atoms with Gasteiger partial charge in [0.2, 0.25) is 5.91 Å². The van der Waals surface area contributed by atoms with Crippen molar-refractivity contribution >= 4 is 17.9 Å². The van der Waals surface area contributed by atoms with Crippen LogP contribution in [0.1, 0.15) is 6.42 Å². The molecule has 1 aliphatic rings. The first-order valence-corrected chi connectivity index (χ1v) is 4.67. The maximum absolute atomic E-state index is 10.9. The molecule has 0 aliphatic carbocycles. The minimum absolute atomic E-state index is 0.240. The Labute approximate surface area is 75.7 Å². The van der Waals surface area contributed by atoms with Crippen molar-refractivity contribution in [1.29, 1.82) is 0 Å². The molecular formula is C9H9NOS. The molecule has 12 heavy (non-hydrogen) atoms. The molecule has 0 bridgehead atoms. The molecule has 1 saturated heterocycles. The molecule has 0 N–H and O–H groups in total. The van der Waals surface area contributed by atoms with E-state index in [1.54, 1.807) is 4.31 Å². The highest BCUT2D eigenvalue weighted by atomic mass is 32.2. The number of carbonyl (C=O) groups is 1. The summed E-state index contributed by atoms with van der Waals surface area (Å²) in [6.45, 7) is 0.887. The van der Waals surface area contributed by atoms with Crippen LogP contribution in [0.5, 0.6) is 0 Å². The lowest BCUT2D eigenvalue weighted by atomic mass is 10.3. The Bertz CT molecular complexity index is 286. The van der Waals surface area contributed by atoms with Crippen LogP contribution in [0, 0.1) is 0 Å². The SMILES string of the molecule is O=C1CCN1Sc1ccccc1. The summed E-state index contributed by atoms with van der Waals surface area (Å²) in [7, 11) is 0. The van der Waals surface area contributed by atoms with Crippen LogP contribution >= 0.6 is 11.9 Å². The van der Waals surface area contributed by atoms with Gasteiger partial charge in [-0.25, -0.2) is 0 Å². The van der Waals surface area contributed by atoms with E-state index < -0.39 is 0 Å². The van der Waals surface area contributed by atoms with Crippen molar-refractivity contribution in [3.05, 3.63) is 30.3 Å². The van der Waals surface area contributed by atoms with E-state index in [0.29, 0.717) is 6.42 Å². The number of nitrogens with zero attached hydrogens (tertiary/aromatic N) is 1. The molecular weight excluding hydrogens is 170 g/mol. The monoisotopic (exact) mass is 179 g/mol. The molecule has 62 valence electrons. The second-order valence-corrected chi connectivity index (χ2v) is 3.74. The third kappa shape index (κ3) is 1.46. The third-order valence-corrected chi connectivity index (χ3v) is 2.86. The van der Waals surface area contributed by atoms with Gasteiger partial charge in [-0.2, -0.15) is 0 Å². The number of rotatable bonds is 2. The van der Waals surface area contributed by atoms with Crippen LogP contribution in [0.25, 0.3) is 0 Å². The number of hydrogen-bond donors (Lipinski definition) is 0. The molecule has 2 nitrogen and oxygen atoms in total. The smallest absolute Gasteiger partial charge is 0.234 e. The summed E-state index contributed by atoms with van der Waals surface area (Å²) >= 11 is 1.52. The Balaban J connectivity index is 2.00. The summed E-state index contributed by atoms with van der Waals surface area (Å²) < 4.78 is 1.79. The Morgan fingerprint density at radius 1 is 1.25 bits per heavy atom. The summed E-state index contributed by atoms with van der Waals surface area (Å²) in [5.74, 6) is 0.240. The van der Waals surface area contributed by atoms with Crippen molar-refractivity contribution in [3.8, 4) is 0 Å². The van der Waals surface area contributed by atoms with Crippen LogP contribution in [0.3, 0.4) is 0 Å². The summed E-state index contributed by atoms with van der Waals surface area (Å²) in [6.07, 6.45) is 0.708. The van der Waals surface area contributed by atoms with E-state index in [1.165, 1.54) is 11.9 Å². The lowest BCUT2D eigenvalue weighted by molar-refractivity contribution is -0.132. The van der Waals surface area contributed by atoms with Crippen molar-refractivity contribution in [3.63, 3.8) is 0 Å². The average Bonchev–Trinajstić information content (AvgIpc) is 2.14. The van der Waals surface area contributed by atoms with Gasteiger partial charge in [-0.1, -0.05) is 18.2 Å². The van der Waals surface area contributed by atoms with Gasteiger partial charge in [-0.05, 0) is 24.1 Å². The number of amides is 1. The number of carbonyl (C=O) groups excluding carboxylic acids is 1. The molecule has 0 radical (unpaired) electrons. The van der Waals surface area contributed by atoms with E-state index in [9.17, 15) is 4.79 Å². The van der Waals surface area contributed by atoms with Gasteiger partial charge in [0.25, 0.3) is 0 Å². The molecule has 0 saturated carbocycles. The first kappa shape index (κ1) is 7.68. The lowest BCUT2D eigenvalue weighted by Crippen LogP contribution is -2.37. The zero-order valence-corrected chi connectivity index (χ0v) is 7.38. The molecule has 0 unspecified atom stereocenters. The minimum Gasteiger partial charge on any atom is -0.282 e. The van der Waals surface area contributed by atoms with Gasteiger partial charge in [0.15, 0.2) is 0 Å². The van der Waals surface area contributed by atoms with Crippen molar-refractivity contribution in [2.45, 2.75) is 11.3 Å². The number of hydrogen-bond acceptors (Lipinski definition) is 2. The molecule has 1 heterocycles. The van der Waals surface area contributed by atoms with E-state index in [0.717, 1.165) is 11.4 Å². The fraction of sp³-hybridized carbons (Fsp3) is 0.222. The van der Waals surface area contributed by atoms with Gasteiger partial charge in [-0.15, -0.1) is 0 Å². The van der Waals surface area contributed by atoms with Crippen molar-refractivity contribution in [2.75, 3.05) is 6.54 Å². The molecule has 1 aromatic carbocycles. The topological polar surface area (TPSA) is 20.3 Å². The molecule has 1 aromatic rings. The maximum atomic E-state index is 10.9. The normalized spacial score (nSPS) is 16.0. The quantitative estimate of drug-likeness (QED) is 0.510. The van der Waals surface area contributed by atoms with Gasteiger partial charge in [-0.3, -0.25) is 9.10 Å². The first-order valence-electron chi connectivity index (χ1n) is 3.89. The Morgan fingerprint density at radius 3 is 2.50 bits per heavy atom. The zero-order valence-electron chi connectivity index (χ0n) is 6.56. The number of benzene rings is 1. The molecule has 3 heteroatoms. The largest absolute Gasteiger partial charge is 0.282 e. The minimum atomic E-state index is 0.240. The third-order valence-electron chi connectivity index (χ3n) is 1.77. The predicted octanol–water partition coefficient (Wildman–Crippen LogP) is 1.93. The maximum Gasteiger partial charge on any atom is 0.234 e. The van der Waals surface area contributed by atoms with Crippen molar-refractivity contribution < 1.29 is 4.79 Å². The molecule has 1 fully saturated rings. The summed E-state index contributed by atoms with van der Waals surface area (Å²) in [6, 6.07) is 9.95. The van der Waals surface area contributed by atoms with Crippen LogP contribution in [0.4, 0.5) is 0 Å². The van der Waals surface area contributed by atoms with Crippen LogP contribution in [0.15, 0.2) is 35.2 Å². The highest BCUT2D eigenvalue weighted by molar-refractivity contribution is 7.97. The summed E-state index contributed by atoms with van der Waals surface area (Å²) in [4.78, 5) is 12.1. The van der Waals surface area contributed by atoms with Gasteiger partial charge in [0.1, 0.15) is 0 Å². The standard InChI is InChI=1S/C9H9NOS/c11-9-6-7-10(9)12-8-4-2-1-3-5-8/h1-5H,6-7H2. The van der Waals surface area contributed by atoms with Gasteiger partial charge in [0, 0.05) is 17.9 Å². The van der Waals surface area contributed by atoms with Crippen molar-refractivity contribution in [2.24, 2.45) is 0 Å². The lowest BCUT2D eigenvalue weighted by Gasteiger charge is -2.28. The molecule has 2 rings (SSSR count). The molecule has 0 atom stereocenters.